The third-order valence-electron chi connectivity index (χ3n) is 1.36. The minimum absolute atomic E-state index is 0.302. The fraction of sp³-hybridized carbons (Fsp3) is 0.429. The molecule has 0 saturated carbocycles. The second kappa shape index (κ2) is 4.71. The summed E-state index contributed by atoms with van der Waals surface area (Å²) in [5, 5.41) is 1.73. The van der Waals surface area contributed by atoms with E-state index in [4.69, 9.17) is 4.74 Å². The van der Waals surface area contributed by atoms with Gasteiger partial charge in [-0.3, -0.25) is 0 Å². The molecule has 0 aromatic carbocycles. The first-order valence-electron chi connectivity index (χ1n) is 3.69. The van der Waals surface area contributed by atoms with Crippen molar-refractivity contribution >= 4 is 21.4 Å². The van der Waals surface area contributed by atoms with Crippen LogP contribution in [0.1, 0.15) is 0 Å². The molecule has 0 spiro atoms. The average molecular weight is 221 g/mol. The van der Waals surface area contributed by atoms with Gasteiger partial charge < -0.3 is 4.74 Å². The van der Waals surface area contributed by atoms with Crippen LogP contribution in [0.4, 0.5) is 0 Å². The normalized spacial score (nSPS) is 11.8. The summed E-state index contributed by atoms with van der Waals surface area (Å²) in [6.45, 7) is 0.682. The number of hydrogen-bond acceptors (Lipinski definition) is 4. The lowest BCUT2D eigenvalue weighted by Gasteiger charge is -2.02. The van der Waals surface area contributed by atoms with Gasteiger partial charge in [0.15, 0.2) is 0 Å². The van der Waals surface area contributed by atoms with E-state index < -0.39 is 10.0 Å². The van der Waals surface area contributed by atoms with Crippen molar-refractivity contribution in [2.45, 2.75) is 4.21 Å². The summed E-state index contributed by atoms with van der Waals surface area (Å²) in [5.41, 5.74) is 0. The van der Waals surface area contributed by atoms with E-state index in [1.165, 1.54) is 18.4 Å². The van der Waals surface area contributed by atoms with E-state index >= 15 is 0 Å². The van der Waals surface area contributed by atoms with Crippen molar-refractivity contribution < 1.29 is 13.2 Å². The zero-order valence-corrected chi connectivity index (χ0v) is 8.82. The topological polar surface area (TPSA) is 55.4 Å². The summed E-state index contributed by atoms with van der Waals surface area (Å²) in [7, 11) is -1.77. The molecule has 74 valence electrons. The first kappa shape index (κ1) is 10.6. The van der Waals surface area contributed by atoms with Gasteiger partial charge in [-0.25, -0.2) is 13.1 Å². The Morgan fingerprint density at radius 1 is 1.62 bits per heavy atom. The Morgan fingerprint density at radius 3 is 2.92 bits per heavy atom. The lowest BCUT2D eigenvalue weighted by molar-refractivity contribution is 0.204. The van der Waals surface area contributed by atoms with Gasteiger partial charge in [-0.2, -0.15) is 0 Å². The number of methoxy groups -OCH3 is 1. The van der Waals surface area contributed by atoms with Crippen molar-refractivity contribution in [2.24, 2.45) is 0 Å². The highest BCUT2D eigenvalue weighted by Gasteiger charge is 2.13. The monoisotopic (exact) mass is 221 g/mol. The molecule has 0 aliphatic rings. The van der Waals surface area contributed by atoms with Crippen molar-refractivity contribution in [2.75, 3.05) is 20.3 Å². The van der Waals surface area contributed by atoms with Crippen LogP contribution in [0.5, 0.6) is 0 Å². The van der Waals surface area contributed by atoms with Gasteiger partial charge in [0.1, 0.15) is 4.21 Å². The van der Waals surface area contributed by atoms with Gasteiger partial charge in [0.25, 0.3) is 0 Å². The second-order valence-electron chi connectivity index (χ2n) is 2.32. The molecule has 1 heterocycles. The first-order chi connectivity index (χ1) is 6.17. The van der Waals surface area contributed by atoms with Crippen molar-refractivity contribution in [1.82, 2.24) is 4.72 Å². The van der Waals surface area contributed by atoms with Gasteiger partial charge in [0, 0.05) is 13.7 Å². The maximum absolute atomic E-state index is 11.4. The highest BCUT2D eigenvalue weighted by atomic mass is 32.2. The summed E-state index contributed by atoms with van der Waals surface area (Å²) < 4.78 is 30.3. The molecule has 0 atom stereocenters. The summed E-state index contributed by atoms with van der Waals surface area (Å²) >= 11 is 1.20. The average Bonchev–Trinajstić information content (AvgIpc) is 2.56. The zero-order valence-electron chi connectivity index (χ0n) is 7.19. The maximum atomic E-state index is 11.4. The third kappa shape index (κ3) is 3.07. The van der Waals surface area contributed by atoms with E-state index in [2.05, 4.69) is 4.72 Å². The van der Waals surface area contributed by atoms with Crippen LogP contribution in [-0.4, -0.2) is 28.7 Å². The quantitative estimate of drug-likeness (QED) is 0.744. The third-order valence-corrected chi connectivity index (χ3v) is 4.22. The molecular formula is C7H11NO3S2. The highest BCUT2D eigenvalue weighted by molar-refractivity contribution is 7.91. The fourth-order valence-electron chi connectivity index (χ4n) is 0.766. The second-order valence-corrected chi connectivity index (χ2v) is 5.26. The predicted octanol–water partition coefficient (Wildman–Crippen LogP) is 0.673. The molecule has 4 nitrogen and oxygen atoms in total. The molecule has 6 heteroatoms. The summed E-state index contributed by atoms with van der Waals surface area (Å²) in [6, 6.07) is 3.27. The van der Waals surface area contributed by atoms with Gasteiger partial charge in [0.05, 0.1) is 6.61 Å². The van der Waals surface area contributed by atoms with Crippen LogP contribution in [0.3, 0.4) is 0 Å². The summed E-state index contributed by atoms with van der Waals surface area (Å²) in [6.07, 6.45) is 0. The standard InChI is InChI=1S/C7H11NO3S2/c1-11-5-4-8-13(9,10)7-3-2-6-12-7/h2-3,6,8H,4-5H2,1H3. The summed E-state index contributed by atoms with van der Waals surface area (Å²) in [4.78, 5) is 0. The van der Waals surface area contributed by atoms with E-state index in [0.29, 0.717) is 17.4 Å². The van der Waals surface area contributed by atoms with Crippen LogP contribution in [0.2, 0.25) is 0 Å². The lowest BCUT2D eigenvalue weighted by atomic mass is 10.7. The molecule has 13 heavy (non-hydrogen) atoms. The molecule has 0 aliphatic carbocycles. The first-order valence-corrected chi connectivity index (χ1v) is 6.05. The van der Waals surface area contributed by atoms with E-state index in [9.17, 15) is 8.42 Å². The van der Waals surface area contributed by atoms with Gasteiger partial charge >= 0.3 is 0 Å². The van der Waals surface area contributed by atoms with Crippen LogP contribution < -0.4 is 4.72 Å². The summed E-state index contributed by atoms with van der Waals surface area (Å²) in [5.74, 6) is 0. The van der Waals surface area contributed by atoms with Crippen molar-refractivity contribution in [1.29, 1.82) is 0 Å². The van der Waals surface area contributed by atoms with E-state index in [0.717, 1.165) is 0 Å². The Balaban J connectivity index is 2.58. The Bertz CT molecular complexity index is 331. The van der Waals surface area contributed by atoms with Crippen LogP contribution in [0.15, 0.2) is 21.7 Å². The molecule has 1 rings (SSSR count). The number of sulfonamides is 1. The molecular weight excluding hydrogens is 210 g/mol. The minimum atomic E-state index is -3.30. The SMILES string of the molecule is COCCNS(=O)(=O)c1cccs1. The van der Waals surface area contributed by atoms with Crippen LogP contribution in [0.25, 0.3) is 0 Å². The van der Waals surface area contributed by atoms with E-state index in [1.54, 1.807) is 17.5 Å². The van der Waals surface area contributed by atoms with Gasteiger partial charge in [-0.15, -0.1) is 11.3 Å². The van der Waals surface area contributed by atoms with Gasteiger partial charge in [-0.1, -0.05) is 6.07 Å². The Hall–Kier alpha value is -0.430. The van der Waals surface area contributed by atoms with Crippen LogP contribution in [0, 0.1) is 0 Å². The van der Waals surface area contributed by atoms with Crippen molar-refractivity contribution in [3.05, 3.63) is 17.5 Å². The molecule has 0 saturated heterocycles. The Kier molecular flexibility index (Phi) is 3.86. The largest absolute Gasteiger partial charge is 0.383 e. The van der Waals surface area contributed by atoms with E-state index in [-0.39, 0.29) is 0 Å². The number of thiophene rings is 1. The predicted molar refractivity (Wildman–Crippen MR) is 51.4 cm³/mol. The Labute approximate surface area is 81.6 Å². The maximum Gasteiger partial charge on any atom is 0.250 e. The minimum Gasteiger partial charge on any atom is -0.383 e. The number of hydrogen-bond donors (Lipinski definition) is 1. The molecule has 0 bridgehead atoms. The molecule has 1 aromatic rings. The molecule has 1 aromatic heterocycles. The highest BCUT2D eigenvalue weighted by Crippen LogP contribution is 2.14. The fourth-order valence-corrected chi connectivity index (χ4v) is 2.82. The van der Waals surface area contributed by atoms with Gasteiger partial charge in [0.2, 0.25) is 10.0 Å². The molecule has 0 aliphatic heterocycles. The number of ether oxygens (including phenoxy) is 1. The molecule has 0 amide bonds. The zero-order chi connectivity index (χ0) is 9.73. The van der Waals surface area contributed by atoms with Gasteiger partial charge in [-0.05, 0) is 11.4 Å². The van der Waals surface area contributed by atoms with Crippen LogP contribution in [-0.2, 0) is 14.8 Å². The number of nitrogens with one attached hydrogen (secondary N) is 1. The molecule has 0 fully saturated rings. The number of rotatable bonds is 5. The van der Waals surface area contributed by atoms with Crippen molar-refractivity contribution in [3.63, 3.8) is 0 Å². The molecule has 0 unspecified atom stereocenters. The van der Waals surface area contributed by atoms with Crippen molar-refractivity contribution in [3.8, 4) is 0 Å². The smallest absolute Gasteiger partial charge is 0.250 e. The lowest BCUT2D eigenvalue weighted by Crippen LogP contribution is -2.26. The molecule has 0 radical (unpaired) electrons. The van der Waals surface area contributed by atoms with Crippen LogP contribution >= 0.6 is 11.3 Å². The van der Waals surface area contributed by atoms with E-state index in [1.807, 2.05) is 0 Å². The molecule has 1 N–H and O–H groups in total. The Morgan fingerprint density at radius 2 is 2.38 bits per heavy atom.